The molecule has 0 bridgehead atoms. The Balaban J connectivity index is 1.52. The Bertz CT molecular complexity index is 1560. The first-order valence-corrected chi connectivity index (χ1v) is 15.6. The van der Waals surface area contributed by atoms with Crippen LogP contribution in [0.5, 0.6) is 0 Å². The van der Waals surface area contributed by atoms with E-state index in [9.17, 15) is 0 Å². The van der Waals surface area contributed by atoms with Crippen LogP contribution < -0.4 is 4.90 Å². The molecule has 2 heteroatoms. The van der Waals surface area contributed by atoms with E-state index in [0.29, 0.717) is 0 Å². The number of likely N-dealkylation sites (N-methyl/N-ethyl adjacent to an activating group) is 1. The molecule has 1 heterocycles. The maximum absolute atomic E-state index is 4.54. The van der Waals surface area contributed by atoms with E-state index in [4.69, 9.17) is 0 Å². The average Bonchev–Trinajstić information content (AvgIpc) is 3.16. The van der Waals surface area contributed by atoms with E-state index >= 15 is 0 Å². The molecule has 0 saturated carbocycles. The number of para-hydroxylation sites is 1. The number of allylic oxidation sites excluding steroid dienone is 8. The van der Waals surface area contributed by atoms with Gasteiger partial charge in [0.15, 0.2) is 0 Å². The number of benzene rings is 3. The minimum absolute atomic E-state index is 0.0326. The van der Waals surface area contributed by atoms with Gasteiger partial charge < -0.3 is 4.90 Å². The molecular formula is C39H43NS. The molecule has 3 aromatic rings. The summed E-state index contributed by atoms with van der Waals surface area (Å²) in [4.78, 5) is 5.02. The fourth-order valence-corrected chi connectivity index (χ4v) is 7.43. The Morgan fingerprint density at radius 2 is 1.59 bits per heavy atom. The van der Waals surface area contributed by atoms with Crippen LogP contribution in [0.4, 0.5) is 5.69 Å². The summed E-state index contributed by atoms with van der Waals surface area (Å²) in [5, 5.41) is 0. The molecular weight excluding hydrogens is 515 g/mol. The number of hydrogen-bond donors (Lipinski definition) is 0. The average molecular weight is 558 g/mol. The van der Waals surface area contributed by atoms with Gasteiger partial charge in [0.25, 0.3) is 0 Å². The Labute approximate surface area is 252 Å². The molecule has 0 fully saturated rings. The van der Waals surface area contributed by atoms with E-state index in [2.05, 4.69) is 156 Å². The fraction of sp³-hybridized carbons (Fsp3) is 0.282. The van der Waals surface area contributed by atoms with Crippen LogP contribution in [0.1, 0.15) is 63.6 Å². The van der Waals surface area contributed by atoms with Crippen LogP contribution >= 0.6 is 11.8 Å². The molecule has 0 N–H and O–H groups in total. The summed E-state index contributed by atoms with van der Waals surface area (Å²) in [6, 6.07) is 28.3. The molecule has 1 nitrogen and oxygen atoms in total. The Morgan fingerprint density at radius 1 is 0.902 bits per heavy atom. The highest BCUT2D eigenvalue weighted by atomic mass is 32.2. The monoisotopic (exact) mass is 557 g/mol. The van der Waals surface area contributed by atoms with Crippen molar-refractivity contribution in [2.45, 2.75) is 69.6 Å². The molecule has 0 atom stereocenters. The molecule has 0 amide bonds. The van der Waals surface area contributed by atoms with E-state index in [0.717, 1.165) is 24.8 Å². The van der Waals surface area contributed by atoms with Crippen molar-refractivity contribution in [3.8, 4) is 0 Å². The van der Waals surface area contributed by atoms with Crippen molar-refractivity contribution in [3.05, 3.63) is 154 Å². The van der Waals surface area contributed by atoms with Crippen LogP contribution in [0.3, 0.4) is 0 Å². The van der Waals surface area contributed by atoms with E-state index in [1.807, 2.05) is 11.8 Å². The van der Waals surface area contributed by atoms with Crippen LogP contribution in [-0.2, 0) is 10.8 Å². The van der Waals surface area contributed by atoms with Crippen molar-refractivity contribution < 1.29 is 0 Å². The third-order valence-electron chi connectivity index (χ3n) is 8.93. The fourth-order valence-electron chi connectivity index (χ4n) is 6.30. The zero-order valence-corrected chi connectivity index (χ0v) is 26.3. The first-order chi connectivity index (χ1) is 19.6. The predicted octanol–water partition coefficient (Wildman–Crippen LogP) is 10.9. The molecule has 1 aliphatic carbocycles. The van der Waals surface area contributed by atoms with Gasteiger partial charge in [-0.15, -0.1) is 0 Å². The van der Waals surface area contributed by atoms with Gasteiger partial charge >= 0.3 is 0 Å². The highest BCUT2D eigenvalue weighted by molar-refractivity contribution is 8.03. The topological polar surface area (TPSA) is 3.24 Å². The van der Waals surface area contributed by atoms with Crippen molar-refractivity contribution in [1.82, 2.24) is 0 Å². The summed E-state index contributed by atoms with van der Waals surface area (Å²) in [7, 11) is 2.20. The number of aryl methyl sites for hydroxylation is 1. The van der Waals surface area contributed by atoms with Crippen molar-refractivity contribution in [2.24, 2.45) is 0 Å². The van der Waals surface area contributed by atoms with Crippen molar-refractivity contribution in [2.75, 3.05) is 11.9 Å². The molecule has 5 rings (SSSR count). The standard InChI is InChI=1S/C39H43NS/c1-28-16-11-12-21-33(28)38(3,4)29(2)24-25-30-17-15-18-31(37(30)41-32-19-9-8-10-20-32)26-27-36-39(5,6)34-22-13-14-23-35(34)40(36)7/h8-14,16,19-27H,2,15,17-18H2,1,3-7H3/b25-24+,31-26+,36-27+. The lowest BCUT2D eigenvalue weighted by Gasteiger charge is -2.28. The van der Waals surface area contributed by atoms with Crippen LogP contribution in [0.25, 0.3) is 0 Å². The van der Waals surface area contributed by atoms with Gasteiger partial charge in [-0.05, 0) is 83.9 Å². The van der Waals surface area contributed by atoms with Crippen LogP contribution in [0, 0.1) is 6.92 Å². The Morgan fingerprint density at radius 3 is 2.32 bits per heavy atom. The summed E-state index contributed by atoms with van der Waals surface area (Å²) >= 11 is 1.90. The molecule has 0 radical (unpaired) electrons. The third-order valence-corrected chi connectivity index (χ3v) is 10.2. The van der Waals surface area contributed by atoms with Crippen molar-refractivity contribution in [1.29, 1.82) is 0 Å². The molecule has 0 aromatic heterocycles. The van der Waals surface area contributed by atoms with Gasteiger partial charge in [0.1, 0.15) is 0 Å². The number of rotatable bonds is 7. The van der Waals surface area contributed by atoms with Crippen molar-refractivity contribution >= 4 is 17.4 Å². The number of thioether (sulfide) groups is 1. The summed E-state index contributed by atoms with van der Waals surface area (Å²) in [6.07, 6.45) is 12.7. The largest absolute Gasteiger partial charge is 0.347 e. The van der Waals surface area contributed by atoms with E-state index < -0.39 is 0 Å². The van der Waals surface area contributed by atoms with Gasteiger partial charge in [-0.25, -0.2) is 0 Å². The van der Waals surface area contributed by atoms with Crippen molar-refractivity contribution in [3.63, 3.8) is 0 Å². The van der Waals surface area contributed by atoms with Gasteiger partial charge in [0.05, 0.1) is 0 Å². The highest BCUT2D eigenvalue weighted by Gasteiger charge is 2.37. The molecule has 0 spiro atoms. The molecule has 1 aliphatic heterocycles. The second-order valence-electron chi connectivity index (χ2n) is 12.4. The third kappa shape index (κ3) is 5.81. The Hall–Kier alpha value is -3.49. The smallest absolute Gasteiger partial charge is 0.0447 e. The second-order valence-corrected chi connectivity index (χ2v) is 13.5. The maximum atomic E-state index is 4.54. The van der Waals surface area contributed by atoms with Gasteiger partial charge in [-0.3, -0.25) is 0 Å². The van der Waals surface area contributed by atoms with E-state index in [1.54, 1.807) is 0 Å². The zero-order valence-electron chi connectivity index (χ0n) is 25.5. The second kappa shape index (κ2) is 11.8. The lowest BCUT2D eigenvalue weighted by molar-refractivity contribution is 0.636. The molecule has 0 unspecified atom stereocenters. The Kier molecular flexibility index (Phi) is 8.34. The first kappa shape index (κ1) is 29.0. The van der Waals surface area contributed by atoms with Gasteiger partial charge in [0.2, 0.25) is 0 Å². The van der Waals surface area contributed by atoms with Gasteiger partial charge in [-0.2, -0.15) is 0 Å². The number of anilines is 1. The molecule has 3 aromatic carbocycles. The quantitative estimate of drug-likeness (QED) is 0.266. The summed E-state index contributed by atoms with van der Waals surface area (Å²) in [5.74, 6) is 0. The van der Waals surface area contributed by atoms with Crippen LogP contribution in [0.2, 0.25) is 0 Å². The lowest BCUT2D eigenvalue weighted by Crippen LogP contribution is -2.22. The molecule has 41 heavy (non-hydrogen) atoms. The van der Waals surface area contributed by atoms with Gasteiger partial charge in [-0.1, -0.05) is 125 Å². The summed E-state index contributed by atoms with van der Waals surface area (Å²) < 4.78 is 0. The molecule has 0 saturated heterocycles. The first-order valence-electron chi connectivity index (χ1n) is 14.8. The minimum Gasteiger partial charge on any atom is -0.347 e. The van der Waals surface area contributed by atoms with E-state index in [1.165, 1.54) is 49.0 Å². The normalized spacial score (nSPS) is 18.9. The lowest BCUT2D eigenvalue weighted by atomic mass is 9.76. The summed E-state index contributed by atoms with van der Waals surface area (Å²) in [6.45, 7) is 16.0. The SMILES string of the molecule is C=C(/C=C/C1=C(Sc2ccccc2)C(=C/C=C2/N(C)c3ccccc3C2(C)C)/CCC1)C(C)(C)c1ccccc1C. The number of hydrogen-bond acceptors (Lipinski definition) is 2. The molecule has 2 aliphatic rings. The maximum Gasteiger partial charge on any atom is 0.0447 e. The van der Waals surface area contributed by atoms with Crippen LogP contribution in [0.15, 0.2) is 142 Å². The number of fused-ring (bicyclic) bond motifs is 1. The minimum atomic E-state index is -0.138. The number of nitrogens with zero attached hydrogens (tertiary/aromatic N) is 1. The van der Waals surface area contributed by atoms with E-state index in [-0.39, 0.29) is 10.8 Å². The summed E-state index contributed by atoms with van der Waals surface area (Å²) in [5.41, 5.74) is 10.5. The van der Waals surface area contributed by atoms with Gasteiger partial charge in [0, 0.05) is 39.1 Å². The van der Waals surface area contributed by atoms with Crippen LogP contribution in [-0.4, -0.2) is 7.05 Å². The predicted molar refractivity (Wildman–Crippen MR) is 180 cm³/mol. The molecule has 210 valence electrons. The zero-order chi connectivity index (χ0) is 29.2. The highest BCUT2D eigenvalue weighted by Crippen LogP contribution is 2.47.